The fraction of sp³-hybridized carbons (Fsp3) is 0.333. The lowest BCUT2D eigenvalue weighted by Gasteiger charge is -2.19. The van der Waals surface area contributed by atoms with E-state index in [1.165, 1.54) is 4.88 Å². The van der Waals surface area contributed by atoms with Crippen molar-refractivity contribution in [1.82, 2.24) is 14.5 Å². The maximum absolute atomic E-state index is 6.11. The zero-order chi connectivity index (χ0) is 13.9. The molecule has 0 saturated carbocycles. The summed E-state index contributed by atoms with van der Waals surface area (Å²) < 4.78 is 2.28. The fourth-order valence-corrected chi connectivity index (χ4v) is 3.64. The Morgan fingerprint density at radius 3 is 3.00 bits per heavy atom. The lowest BCUT2D eigenvalue weighted by molar-refractivity contribution is 0.540. The van der Waals surface area contributed by atoms with Gasteiger partial charge in [0.15, 0.2) is 0 Å². The number of halogens is 1. The molecule has 0 amide bonds. The Morgan fingerprint density at radius 1 is 1.40 bits per heavy atom. The van der Waals surface area contributed by atoms with Crippen molar-refractivity contribution >= 4 is 34.0 Å². The Labute approximate surface area is 127 Å². The Balaban J connectivity index is 2.19. The highest BCUT2D eigenvalue weighted by molar-refractivity contribution is 7.10. The Hall–Kier alpha value is -1.39. The van der Waals surface area contributed by atoms with Crippen LogP contribution in [0.2, 0.25) is 0 Å². The monoisotopic (exact) mass is 305 g/mol. The third kappa shape index (κ3) is 2.34. The summed E-state index contributed by atoms with van der Waals surface area (Å²) in [5.74, 6) is 1.34. The number of thiophene rings is 1. The van der Waals surface area contributed by atoms with Crippen molar-refractivity contribution in [1.29, 1.82) is 0 Å². The van der Waals surface area contributed by atoms with E-state index in [0.29, 0.717) is 11.9 Å². The van der Waals surface area contributed by atoms with Crippen LogP contribution in [-0.4, -0.2) is 14.5 Å². The largest absolute Gasteiger partial charge is 0.318 e. The minimum absolute atomic E-state index is 0.307. The van der Waals surface area contributed by atoms with Crippen molar-refractivity contribution in [3.63, 3.8) is 0 Å². The molecule has 0 aliphatic rings. The van der Waals surface area contributed by atoms with Crippen LogP contribution < -0.4 is 0 Å². The zero-order valence-corrected chi connectivity index (χ0v) is 12.9. The van der Waals surface area contributed by atoms with Gasteiger partial charge in [0.1, 0.15) is 11.3 Å². The van der Waals surface area contributed by atoms with Crippen LogP contribution in [0.15, 0.2) is 36.0 Å². The van der Waals surface area contributed by atoms with Gasteiger partial charge < -0.3 is 4.57 Å². The average Bonchev–Trinajstić information content (AvgIpc) is 3.12. The predicted octanol–water partition coefficient (Wildman–Crippen LogP) is 4.62. The van der Waals surface area contributed by atoms with E-state index in [4.69, 9.17) is 11.6 Å². The number of hydrogen-bond acceptors (Lipinski definition) is 3. The molecule has 1 unspecified atom stereocenters. The summed E-state index contributed by atoms with van der Waals surface area (Å²) in [4.78, 5) is 10.1. The summed E-state index contributed by atoms with van der Waals surface area (Å²) in [6.07, 6.45) is 5.82. The van der Waals surface area contributed by atoms with Crippen LogP contribution in [0.25, 0.3) is 11.0 Å². The summed E-state index contributed by atoms with van der Waals surface area (Å²) in [7, 11) is 0. The molecule has 3 heterocycles. The highest BCUT2D eigenvalue weighted by atomic mass is 35.5. The molecule has 104 valence electrons. The number of rotatable bonds is 5. The highest BCUT2D eigenvalue weighted by Crippen LogP contribution is 2.32. The van der Waals surface area contributed by atoms with Crippen molar-refractivity contribution < 1.29 is 0 Å². The van der Waals surface area contributed by atoms with Gasteiger partial charge in [-0.1, -0.05) is 19.4 Å². The van der Waals surface area contributed by atoms with E-state index in [-0.39, 0.29) is 0 Å². The Bertz CT molecular complexity index is 690. The van der Waals surface area contributed by atoms with Crippen molar-refractivity contribution in [2.24, 2.45) is 0 Å². The summed E-state index contributed by atoms with van der Waals surface area (Å²) in [6, 6.07) is 6.62. The average molecular weight is 306 g/mol. The van der Waals surface area contributed by atoms with Crippen molar-refractivity contribution in [3.8, 4) is 0 Å². The summed E-state index contributed by atoms with van der Waals surface area (Å²) >= 11 is 7.90. The van der Waals surface area contributed by atoms with Crippen LogP contribution >= 0.6 is 22.9 Å². The summed E-state index contributed by atoms with van der Waals surface area (Å²) in [6.45, 7) is 2.21. The molecular formula is C15H16ClN3S. The van der Waals surface area contributed by atoms with E-state index >= 15 is 0 Å². The smallest absolute Gasteiger partial charge is 0.125 e. The minimum atomic E-state index is 0.307. The molecular weight excluding hydrogens is 290 g/mol. The Kier molecular flexibility index (Phi) is 4.03. The van der Waals surface area contributed by atoms with Crippen molar-refractivity contribution in [2.45, 2.75) is 31.7 Å². The van der Waals surface area contributed by atoms with Crippen LogP contribution in [0.5, 0.6) is 0 Å². The van der Waals surface area contributed by atoms with Crippen LogP contribution in [0.4, 0.5) is 0 Å². The van der Waals surface area contributed by atoms with E-state index < -0.39 is 0 Å². The topological polar surface area (TPSA) is 30.7 Å². The first-order valence-electron chi connectivity index (χ1n) is 6.75. The summed E-state index contributed by atoms with van der Waals surface area (Å²) in [5.41, 5.74) is 2.03. The van der Waals surface area contributed by atoms with Gasteiger partial charge in [0.2, 0.25) is 0 Å². The minimum Gasteiger partial charge on any atom is -0.318 e. The molecule has 0 fully saturated rings. The van der Waals surface area contributed by atoms with Gasteiger partial charge in [0, 0.05) is 11.1 Å². The van der Waals surface area contributed by atoms with Gasteiger partial charge in [-0.3, -0.25) is 4.98 Å². The molecule has 20 heavy (non-hydrogen) atoms. The molecule has 0 N–H and O–H groups in total. The van der Waals surface area contributed by atoms with Gasteiger partial charge in [-0.25, -0.2) is 4.98 Å². The molecule has 0 aliphatic heterocycles. The first kappa shape index (κ1) is 13.6. The lowest BCUT2D eigenvalue weighted by Crippen LogP contribution is -2.12. The zero-order valence-electron chi connectivity index (χ0n) is 11.3. The second-order valence-electron chi connectivity index (χ2n) is 4.72. The van der Waals surface area contributed by atoms with Gasteiger partial charge in [-0.15, -0.1) is 22.9 Å². The molecule has 0 aliphatic carbocycles. The molecule has 1 atom stereocenters. The SMILES string of the molecule is CCCC(c1cccs1)n1c(CCl)nc2cnccc21. The van der Waals surface area contributed by atoms with Crippen LogP contribution in [0, 0.1) is 0 Å². The van der Waals surface area contributed by atoms with E-state index in [1.807, 2.05) is 12.3 Å². The molecule has 0 spiro atoms. The van der Waals surface area contributed by atoms with Gasteiger partial charge >= 0.3 is 0 Å². The number of aromatic nitrogens is 3. The van der Waals surface area contributed by atoms with Gasteiger partial charge in [0.25, 0.3) is 0 Å². The van der Waals surface area contributed by atoms with Gasteiger partial charge in [0.05, 0.1) is 23.6 Å². The molecule has 3 aromatic heterocycles. The van der Waals surface area contributed by atoms with Gasteiger partial charge in [-0.2, -0.15) is 0 Å². The van der Waals surface area contributed by atoms with Crippen LogP contribution in [-0.2, 0) is 5.88 Å². The van der Waals surface area contributed by atoms with E-state index in [9.17, 15) is 0 Å². The van der Waals surface area contributed by atoms with Crippen LogP contribution in [0.1, 0.15) is 36.5 Å². The van der Waals surface area contributed by atoms with E-state index in [1.54, 1.807) is 17.5 Å². The standard InChI is InChI=1S/C15H16ClN3S/c1-2-4-13(14-5-3-8-20-14)19-12-6-7-17-10-11(12)18-15(19)9-16/h3,5-8,10,13H,2,4,9H2,1H3. The van der Waals surface area contributed by atoms with Crippen molar-refractivity contribution in [3.05, 3.63) is 46.7 Å². The Morgan fingerprint density at radius 2 is 2.30 bits per heavy atom. The fourth-order valence-electron chi connectivity index (χ4n) is 2.60. The molecule has 3 nitrogen and oxygen atoms in total. The normalized spacial score (nSPS) is 12.9. The number of fused-ring (bicyclic) bond motifs is 1. The lowest BCUT2D eigenvalue weighted by atomic mass is 10.1. The maximum atomic E-state index is 6.11. The second kappa shape index (κ2) is 5.94. The highest BCUT2D eigenvalue weighted by Gasteiger charge is 2.20. The van der Waals surface area contributed by atoms with Crippen LogP contribution in [0.3, 0.4) is 0 Å². The number of alkyl halides is 1. The predicted molar refractivity (Wildman–Crippen MR) is 84.5 cm³/mol. The molecule has 3 aromatic rings. The number of nitrogens with zero attached hydrogens (tertiary/aromatic N) is 3. The van der Waals surface area contributed by atoms with Gasteiger partial charge in [-0.05, 0) is 23.9 Å². The third-order valence-electron chi connectivity index (χ3n) is 3.43. The number of hydrogen-bond donors (Lipinski definition) is 0. The first-order chi connectivity index (χ1) is 9.85. The first-order valence-corrected chi connectivity index (χ1v) is 8.16. The summed E-state index contributed by atoms with van der Waals surface area (Å²) in [5, 5.41) is 2.12. The maximum Gasteiger partial charge on any atom is 0.125 e. The molecule has 0 aromatic carbocycles. The molecule has 0 bridgehead atoms. The van der Waals surface area contributed by atoms with E-state index in [2.05, 4.69) is 39.0 Å². The third-order valence-corrected chi connectivity index (χ3v) is 4.64. The number of imidazole rings is 1. The quantitative estimate of drug-likeness (QED) is 0.644. The second-order valence-corrected chi connectivity index (χ2v) is 5.96. The van der Waals surface area contributed by atoms with E-state index in [0.717, 1.165) is 29.7 Å². The molecule has 0 saturated heterocycles. The molecule has 5 heteroatoms. The molecule has 3 rings (SSSR count). The molecule has 0 radical (unpaired) electrons. The number of pyridine rings is 1. The van der Waals surface area contributed by atoms with Crippen molar-refractivity contribution in [2.75, 3.05) is 0 Å².